The zero-order valence-corrected chi connectivity index (χ0v) is 14.1. The molecule has 0 bridgehead atoms. The third-order valence-corrected chi connectivity index (χ3v) is 4.65. The van der Waals surface area contributed by atoms with Crippen LogP contribution in [0.2, 0.25) is 0 Å². The van der Waals surface area contributed by atoms with Crippen molar-refractivity contribution in [3.63, 3.8) is 0 Å². The molecule has 0 amide bonds. The highest BCUT2D eigenvalue weighted by Gasteiger charge is 2.26. The van der Waals surface area contributed by atoms with Crippen LogP contribution >= 0.6 is 0 Å². The molecule has 2 aromatic carbocycles. The number of methoxy groups -OCH3 is 1. The van der Waals surface area contributed by atoms with E-state index in [1.165, 1.54) is 16.7 Å². The van der Waals surface area contributed by atoms with E-state index < -0.39 is 0 Å². The second-order valence-electron chi connectivity index (χ2n) is 6.03. The summed E-state index contributed by atoms with van der Waals surface area (Å²) >= 11 is 0. The lowest BCUT2D eigenvalue weighted by atomic mass is 9.94. The number of aryl methyl sites for hydroxylation is 1. The van der Waals surface area contributed by atoms with E-state index in [0.29, 0.717) is 0 Å². The Morgan fingerprint density at radius 3 is 2.39 bits per heavy atom. The van der Waals surface area contributed by atoms with Crippen molar-refractivity contribution in [2.24, 2.45) is 0 Å². The molecule has 3 heteroatoms. The zero-order valence-electron chi connectivity index (χ0n) is 14.1. The summed E-state index contributed by atoms with van der Waals surface area (Å²) in [4.78, 5) is 2.55. The number of hydrogen-bond acceptors (Lipinski definition) is 3. The molecule has 23 heavy (non-hydrogen) atoms. The summed E-state index contributed by atoms with van der Waals surface area (Å²) in [7, 11) is 1.76. The Hall–Kier alpha value is -1.84. The number of hydrogen-bond donors (Lipinski definition) is 1. The van der Waals surface area contributed by atoms with Crippen LogP contribution in [0.15, 0.2) is 48.5 Å². The Bertz CT molecular complexity index is 618. The lowest BCUT2D eigenvalue weighted by Crippen LogP contribution is -2.45. The first-order valence-electron chi connectivity index (χ1n) is 8.50. The molecular weight excluding hydrogens is 284 g/mol. The largest absolute Gasteiger partial charge is 0.496 e. The number of rotatable bonds is 5. The van der Waals surface area contributed by atoms with E-state index in [1.54, 1.807) is 7.11 Å². The molecule has 1 fully saturated rings. The lowest BCUT2D eigenvalue weighted by molar-refractivity contribution is 0.195. The molecule has 3 rings (SSSR count). The molecule has 1 unspecified atom stereocenters. The minimum atomic E-state index is 0.249. The topological polar surface area (TPSA) is 24.5 Å². The smallest absolute Gasteiger partial charge is 0.123 e. The molecule has 2 aromatic rings. The van der Waals surface area contributed by atoms with E-state index in [4.69, 9.17) is 4.74 Å². The Kier molecular flexibility index (Phi) is 5.31. The Morgan fingerprint density at radius 1 is 1.04 bits per heavy atom. The third kappa shape index (κ3) is 3.57. The first-order chi connectivity index (χ1) is 11.3. The molecule has 0 spiro atoms. The van der Waals surface area contributed by atoms with Crippen LogP contribution in [0.25, 0.3) is 0 Å². The fraction of sp³-hybridized carbons (Fsp3) is 0.400. The normalized spacial score (nSPS) is 17.0. The van der Waals surface area contributed by atoms with Gasteiger partial charge in [-0.3, -0.25) is 4.90 Å². The average Bonchev–Trinajstić information content (AvgIpc) is 2.64. The zero-order chi connectivity index (χ0) is 16.1. The predicted octanol–water partition coefficient (Wildman–Crippen LogP) is 3.25. The fourth-order valence-corrected chi connectivity index (χ4v) is 3.36. The van der Waals surface area contributed by atoms with Crippen molar-refractivity contribution in [1.82, 2.24) is 10.2 Å². The van der Waals surface area contributed by atoms with Gasteiger partial charge in [0.1, 0.15) is 5.75 Å². The number of ether oxygens (including phenoxy) is 1. The molecule has 1 aliphatic rings. The fourth-order valence-electron chi connectivity index (χ4n) is 3.36. The number of nitrogens with one attached hydrogen (secondary N) is 1. The van der Waals surface area contributed by atoms with Gasteiger partial charge < -0.3 is 10.1 Å². The van der Waals surface area contributed by atoms with Crippen molar-refractivity contribution < 1.29 is 4.74 Å². The predicted molar refractivity (Wildman–Crippen MR) is 95.1 cm³/mol. The van der Waals surface area contributed by atoms with Crippen LogP contribution in [0.5, 0.6) is 5.75 Å². The maximum Gasteiger partial charge on any atom is 0.123 e. The van der Waals surface area contributed by atoms with E-state index in [1.807, 2.05) is 6.07 Å². The monoisotopic (exact) mass is 310 g/mol. The summed E-state index contributed by atoms with van der Waals surface area (Å²) in [6, 6.07) is 17.7. The van der Waals surface area contributed by atoms with E-state index in [9.17, 15) is 0 Å². The molecular formula is C20H26N2O. The first kappa shape index (κ1) is 16.0. The van der Waals surface area contributed by atoms with Crippen molar-refractivity contribution in [3.05, 3.63) is 65.2 Å². The van der Waals surface area contributed by atoms with Gasteiger partial charge in [0.25, 0.3) is 0 Å². The summed E-state index contributed by atoms with van der Waals surface area (Å²) in [5, 5.41) is 3.45. The van der Waals surface area contributed by atoms with Crippen LogP contribution in [0.3, 0.4) is 0 Å². The van der Waals surface area contributed by atoms with Gasteiger partial charge in [-0.1, -0.05) is 49.4 Å². The summed E-state index contributed by atoms with van der Waals surface area (Å²) in [6.07, 6.45) is 1.08. The van der Waals surface area contributed by atoms with E-state index in [2.05, 4.69) is 59.6 Å². The summed E-state index contributed by atoms with van der Waals surface area (Å²) in [5.41, 5.74) is 3.97. The SMILES string of the molecule is CCc1ccc(C(c2ccccc2OC)N2CCNCC2)cc1. The highest BCUT2D eigenvalue weighted by Crippen LogP contribution is 2.34. The molecule has 1 aliphatic heterocycles. The number of benzene rings is 2. The molecule has 122 valence electrons. The number of para-hydroxylation sites is 1. The maximum atomic E-state index is 5.64. The number of piperazine rings is 1. The molecule has 0 radical (unpaired) electrons. The molecule has 1 atom stereocenters. The van der Waals surface area contributed by atoms with Gasteiger partial charge in [-0.05, 0) is 23.6 Å². The van der Waals surface area contributed by atoms with Gasteiger partial charge in [0, 0.05) is 31.7 Å². The van der Waals surface area contributed by atoms with Crippen LogP contribution in [-0.2, 0) is 6.42 Å². The van der Waals surface area contributed by atoms with Crippen molar-refractivity contribution in [3.8, 4) is 5.75 Å². The van der Waals surface area contributed by atoms with Gasteiger partial charge in [0.05, 0.1) is 13.2 Å². The van der Waals surface area contributed by atoms with Gasteiger partial charge in [0.2, 0.25) is 0 Å². The summed E-state index contributed by atoms with van der Waals surface area (Å²) < 4.78 is 5.64. The minimum Gasteiger partial charge on any atom is -0.496 e. The second kappa shape index (κ2) is 7.62. The Labute approximate surface area is 139 Å². The second-order valence-corrected chi connectivity index (χ2v) is 6.03. The van der Waals surface area contributed by atoms with Gasteiger partial charge in [-0.25, -0.2) is 0 Å². The van der Waals surface area contributed by atoms with Gasteiger partial charge in [-0.2, -0.15) is 0 Å². The summed E-state index contributed by atoms with van der Waals surface area (Å²) in [6.45, 7) is 6.39. The maximum absolute atomic E-state index is 5.64. The molecule has 0 aromatic heterocycles. The molecule has 1 heterocycles. The van der Waals surface area contributed by atoms with E-state index in [0.717, 1.165) is 38.3 Å². The van der Waals surface area contributed by atoms with Gasteiger partial charge >= 0.3 is 0 Å². The van der Waals surface area contributed by atoms with Crippen LogP contribution in [0, 0.1) is 0 Å². The highest BCUT2D eigenvalue weighted by molar-refractivity contribution is 5.42. The van der Waals surface area contributed by atoms with Crippen molar-refractivity contribution in [1.29, 1.82) is 0 Å². The molecule has 0 saturated carbocycles. The molecule has 3 nitrogen and oxygen atoms in total. The van der Waals surface area contributed by atoms with Crippen LogP contribution in [-0.4, -0.2) is 38.2 Å². The van der Waals surface area contributed by atoms with E-state index >= 15 is 0 Å². The Balaban J connectivity index is 2.01. The van der Waals surface area contributed by atoms with Gasteiger partial charge in [0.15, 0.2) is 0 Å². The highest BCUT2D eigenvalue weighted by atomic mass is 16.5. The minimum absolute atomic E-state index is 0.249. The number of nitrogens with zero attached hydrogens (tertiary/aromatic N) is 1. The van der Waals surface area contributed by atoms with Crippen molar-refractivity contribution in [2.45, 2.75) is 19.4 Å². The summed E-state index contributed by atoms with van der Waals surface area (Å²) in [5.74, 6) is 0.968. The van der Waals surface area contributed by atoms with Crippen LogP contribution in [0.4, 0.5) is 0 Å². The van der Waals surface area contributed by atoms with Gasteiger partial charge in [-0.15, -0.1) is 0 Å². The Morgan fingerprint density at radius 2 is 1.74 bits per heavy atom. The lowest BCUT2D eigenvalue weighted by Gasteiger charge is -2.36. The van der Waals surface area contributed by atoms with E-state index in [-0.39, 0.29) is 6.04 Å². The van der Waals surface area contributed by atoms with Crippen LogP contribution in [0.1, 0.15) is 29.7 Å². The molecule has 1 saturated heterocycles. The quantitative estimate of drug-likeness (QED) is 0.917. The third-order valence-electron chi connectivity index (χ3n) is 4.65. The first-order valence-corrected chi connectivity index (χ1v) is 8.50. The molecule has 0 aliphatic carbocycles. The van der Waals surface area contributed by atoms with Crippen LogP contribution < -0.4 is 10.1 Å². The molecule has 1 N–H and O–H groups in total. The van der Waals surface area contributed by atoms with Crippen molar-refractivity contribution >= 4 is 0 Å². The van der Waals surface area contributed by atoms with Crippen molar-refractivity contribution in [2.75, 3.05) is 33.3 Å². The average molecular weight is 310 g/mol. The standard InChI is InChI=1S/C20H26N2O/c1-3-16-8-10-17(11-9-16)20(22-14-12-21-13-15-22)18-6-4-5-7-19(18)23-2/h4-11,20-21H,3,12-15H2,1-2H3.